The summed E-state index contributed by atoms with van der Waals surface area (Å²) < 4.78 is 3.76. The molecule has 0 radical (unpaired) electrons. The van der Waals surface area contributed by atoms with Crippen LogP contribution in [0.15, 0.2) is 135 Å². The number of benzene rings is 2. The van der Waals surface area contributed by atoms with E-state index in [1.165, 1.54) is 0 Å². The number of nitrogens with zero attached hydrogens (tertiary/aromatic N) is 6. The van der Waals surface area contributed by atoms with Crippen molar-refractivity contribution in [2.75, 3.05) is 0 Å². The molecule has 6 aromatic heterocycles. The minimum absolute atomic E-state index is 0.111. The second kappa shape index (κ2) is 11.8. The van der Waals surface area contributed by atoms with Gasteiger partial charge in [0.05, 0.1) is 37.3 Å². The second-order valence-corrected chi connectivity index (χ2v) is 11.4. The molecule has 2 unspecified atom stereocenters. The van der Waals surface area contributed by atoms with Gasteiger partial charge in [0.2, 0.25) is 0 Å². The molecule has 9 nitrogen and oxygen atoms in total. The molecule has 9 heteroatoms. The van der Waals surface area contributed by atoms with E-state index in [0.29, 0.717) is 13.1 Å². The first-order chi connectivity index (χ1) is 22.7. The van der Waals surface area contributed by atoms with Crippen LogP contribution in [0.2, 0.25) is 0 Å². The monoisotopic (exact) mass is 602 g/mol. The van der Waals surface area contributed by atoms with Crippen LogP contribution < -0.4 is 0 Å². The normalized spacial score (nSPS) is 12.9. The number of aromatic amines is 2. The summed E-state index contributed by atoms with van der Waals surface area (Å²) in [6.45, 7) is 0.806. The second-order valence-electron chi connectivity index (χ2n) is 11.4. The first kappa shape index (κ1) is 27.5. The number of pyridine rings is 2. The van der Waals surface area contributed by atoms with Gasteiger partial charge in [-0.1, -0.05) is 60.7 Å². The third-order valence-corrected chi connectivity index (χ3v) is 8.64. The Labute approximate surface area is 264 Å². The van der Waals surface area contributed by atoms with Crippen molar-refractivity contribution in [3.05, 3.63) is 146 Å². The van der Waals surface area contributed by atoms with Crippen LogP contribution in [-0.2, 0) is 17.9 Å². The highest BCUT2D eigenvalue weighted by Crippen LogP contribution is 2.32. The third kappa shape index (κ3) is 5.17. The molecule has 0 aliphatic carbocycles. The Balaban J connectivity index is 1.13. The van der Waals surface area contributed by atoms with Crippen LogP contribution in [0.4, 0.5) is 0 Å². The summed E-state index contributed by atoms with van der Waals surface area (Å²) in [5, 5.41) is 11.5. The van der Waals surface area contributed by atoms with E-state index in [2.05, 4.69) is 19.9 Å². The van der Waals surface area contributed by atoms with Gasteiger partial charge in [-0.25, -0.2) is 9.97 Å². The zero-order chi connectivity index (χ0) is 30.9. The highest BCUT2D eigenvalue weighted by atomic mass is 16.1. The van der Waals surface area contributed by atoms with E-state index in [0.717, 1.165) is 55.4 Å². The highest BCUT2D eigenvalue weighted by Gasteiger charge is 2.31. The van der Waals surface area contributed by atoms with E-state index in [-0.39, 0.29) is 5.78 Å². The third-order valence-electron chi connectivity index (χ3n) is 8.64. The maximum atomic E-state index is 14.8. The first-order valence-electron chi connectivity index (χ1n) is 15.2. The van der Waals surface area contributed by atoms with E-state index < -0.39 is 11.8 Å². The Morgan fingerprint density at radius 3 is 1.52 bits per heavy atom. The Bertz CT molecular complexity index is 2100. The van der Waals surface area contributed by atoms with Crippen molar-refractivity contribution in [1.82, 2.24) is 39.5 Å². The summed E-state index contributed by atoms with van der Waals surface area (Å²) in [4.78, 5) is 30.0. The molecule has 0 aliphatic heterocycles. The van der Waals surface area contributed by atoms with Crippen molar-refractivity contribution >= 4 is 27.9 Å². The number of carbonyl (C=O) groups is 1. The summed E-state index contributed by atoms with van der Waals surface area (Å²) in [6.07, 6.45) is 15.1. The fraction of sp³-hybridized carbons (Fsp3) is 0.108. The van der Waals surface area contributed by atoms with Gasteiger partial charge in [0.25, 0.3) is 0 Å². The molecular formula is C37H30N8O. The topological polar surface area (TPSA) is 110 Å². The average molecular weight is 603 g/mol. The van der Waals surface area contributed by atoms with Gasteiger partial charge in [0.15, 0.2) is 5.78 Å². The van der Waals surface area contributed by atoms with E-state index in [1.807, 2.05) is 131 Å². The van der Waals surface area contributed by atoms with Gasteiger partial charge in [-0.05, 0) is 46.5 Å². The quantitative estimate of drug-likeness (QED) is 0.175. The maximum absolute atomic E-state index is 14.8. The van der Waals surface area contributed by atoms with Gasteiger partial charge in [-0.15, -0.1) is 0 Å². The lowest BCUT2D eigenvalue weighted by atomic mass is 9.83. The largest absolute Gasteiger partial charge is 0.346 e. The number of fused-ring (bicyclic) bond motifs is 2. The molecule has 0 fully saturated rings. The van der Waals surface area contributed by atoms with Gasteiger partial charge < -0.3 is 9.97 Å². The highest BCUT2D eigenvalue weighted by molar-refractivity contribution is 5.94. The van der Waals surface area contributed by atoms with Gasteiger partial charge in [-0.3, -0.25) is 14.2 Å². The molecule has 2 N–H and O–H groups in total. The lowest BCUT2D eigenvalue weighted by Crippen LogP contribution is -2.27. The molecule has 0 saturated carbocycles. The number of hydrogen-bond donors (Lipinski definition) is 2. The van der Waals surface area contributed by atoms with Crippen LogP contribution in [0.1, 0.15) is 23.0 Å². The van der Waals surface area contributed by atoms with Crippen molar-refractivity contribution in [2.24, 2.45) is 0 Å². The lowest BCUT2D eigenvalue weighted by Gasteiger charge is -2.24. The van der Waals surface area contributed by atoms with Crippen molar-refractivity contribution in [2.45, 2.75) is 24.9 Å². The predicted molar refractivity (Wildman–Crippen MR) is 178 cm³/mol. The minimum atomic E-state index is -0.432. The molecule has 224 valence electrons. The molecule has 6 heterocycles. The van der Waals surface area contributed by atoms with Gasteiger partial charge in [0, 0.05) is 59.1 Å². The molecule has 0 spiro atoms. The number of aromatic nitrogens is 8. The number of nitrogens with one attached hydrogen (secondary N) is 2. The smallest absolute Gasteiger partial charge is 0.151 e. The minimum Gasteiger partial charge on any atom is -0.346 e. The Kier molecular flexibility index (Phi) is 7.03. The fourth-order valence-electron chi connectivity index (χ4n) is 6.34. The Morgan fingerprint density at radius 2 is 1.07 bits per heavy atom. The number of Topliss-reactive ketones (excluding diaryl/α,β-unsaturated/α-hetero) is 1. The molecule has 0 aliphatic rings. The maximum Gasteiger partial charge on any atom is 0.151 e. The first-order valence-corrected chi connectivity index (χ1v) is 15.2. The standard InChI is InChI=1S/C37H30N8O/c46-35(33(25-7-3-1-4-8-25)23-44-21-27(19-42-44)29-11-15-38-36-31(29)13-17-40-36)34(26-9-5-2-6-10-26)24-45-22-28(20-43-45)30-12-16-39-37-32(30)14-18-41-37/h1-22,33-34H,23-24H2,(H,38,40)(H,39,41). The van der Waals surface area contributed by atoms with Crippen LogP contribution in [0, 0.1) is 0 Å². The molecule has 0 saturated heterocycles. The summed E-state index contributed by atoms with van der Waals surface area (Å²) in [6, 6.07) is 28.0. The Hall–Kier alpha value is -6.09. The van der Waals surface area contributed by atoms with Gasteiger partial charge in [0.1, 0.15) is 11.3 Å². The van der Waals surface area contributed by atoms with Crippen molar-refractivity contribution in [3.8, 4) is 22.3 Å². The SMILES string of the molecule is O=C(C(Cn1cc(-c2ccnc3[nH]ccc23)cn1)c1ccccc1)C(Cn1cc(-c2ccnc3[nH]ccc23)cn1)c1ccccc1. The summed E-state index contributed by atoms with van der Waals surface area (Å²) >= 11 is 0. The van der Waals surface area contributed by atoms with Crippen LogP contribution in [-0.4, -0.2) is 45.3 Å². The van der Waals surface area contributed by atoms with Crippen LogP contribution in [0.5, 0.6) is 0 Å². The van der Waals surface area contributed by atoms with Crippen LogP contribution in [0.3, 0.4) is 0 Å². The zero-order valence-electron chi connectivity index (χ0n) is 24.9. The van der Waals surface area contributed by atoms with Crippen molar-refractivity contribution in [1.29, 1.82) is 0 Å². The fourth-order valence-corrected chi connectivity index (χ4v) is 6.34. The van der Waals surface area contributed by atoms with E-state index in [9.17, 15) is 4.79 Å². The summed E-state index contributed by atoms with van der Waals surface area (Å²) in [5.74, 6) is -0.752. The molecule has 2 atom stereocenters. The summed E-state index contributed by atoms with van der Waals surface area (Å²) in [5.41, 5.74) is 7.61. The summed E-state index contributed by atoms with van der Waals surface area (Å²) in [7, 11) is 0. The van der Waals surface area contributed by atoms with Gasteiger partial charge in [-0.2, -0.15) is 10.2 Å². The van der Waals surface area contributed by atoms with E-state index >= 15 is 0 Å². The van der Waals surface area contributed by atoms with Crippen LogP contribution >= 0.6 is 0 Å². The molecule has 0 amide bonds. The number of ketones is 1. The number of hydrogen-bond acceptors (Lipinski definition) is 5. The number of rotatable bonds is 10. The molecule has 8 aromatic rings. The number of carbonyl (C=O) groups excluding carboxylic acids is 1. The van der Waals surface area contributed by atoms with E-state index in [1.54, 1.807) is 12.4 Å². The van der Waals surface area contributed by atoms with Crippen molar-refractivity contribution < 1.29 is 4.79 Å². The predicted octanol–water partition coefficient (Wildman–Crippen LogP) is 7.00. The molecule has 46 heavy (non-hydrogen) atoms. The molecular weight excluding hydrogens is 572 g/mol. The number of H-pyrrole nitrogens is 2. The molecule has 2 aromatic carbocycles. The van der Waals surface area contributed by atoms with Crippen LogP contribution in [0.25, 0.3) is 44.3 Å². The van der Waals surface area contributed by atoms with Gasteiger partial charge >= 0.3 is 0 Å². The van der Waals surface area contributed by atoms with Crippen molar-refractivity contribution in [3.63, 3.8) is 0 Å². The average Bonchev–Trinajstić information content (AvgIpc) is 3.93. The lowest BCUT2D eigenvalue weighted by molar-refractivity contribution is -0.122. The van der Waals surface area contributed by atoms with E-state index in [4.69, 9.17) is 10.2 Å². The zero-order valence-corrected chi connectivity index (χ0v) is 24.9. The molecule has 8 rings (SSSR count). The Morgan fingerprint density at radius 1 is 0.609 bits per heavy atom. The molecule has 0 bridgehead atoms.